The lowest BCUT2D eigenvalue weighted by Crippen LogP contribution is -2.36. The SMILES string of the molecule is Cc1cc(=O)c(C(=O)OCC(=O)N(CCC#N)c2ccccc2F)nn1-c1ccc(Cl)cc1. The van der Waals surface area contributed by atoms with Crippen molar-refractivity contribution < 1.29 is 18.7 Å². The van der Waals surface area contributed by atoms with Crippen LogP contribution in [0, 0.1) is 24.1 Å². The molecule has 0 fully saturated rings. The fraction of sp³-hybridized carbons (Fsp3) is 0.174. The topological polar surface area (TPSA) is 105 Å². The average molecular weight is 469 g/mol. The monoisotopic (exact) mass is 468 g/mol. The molecule has 0 unspecified atom stereocenters. The van der Waals surface area contributed by atoms with Crippen molar-refractivity contribution in [3.05, 3.63) is 87.0 Å². The van der Waals surface area contributed by atoms with Gasteiger partial charge in [-0.3, -0.25) is 9.59 Å². The normalized spacial score (nSPS) is 10.4. The summed E-state index contributed by atoms with van der Waals surface area (Å²) in [6, 6.07) is 15.2. The Bertz CT molecular complexity index is 1280. The largest absolute Gasteiger partial charge is 0.451 e. The molecule has 2 aromatic carbocycles. The van der Waals surface area contributed by atoms with E-state index in [1.807, 2.05) is 6.07 Å². The van der Waals surface area contributed by atoms with Gasteiger partial charge in [-0.2, -0.15) is 10.4 Å². The van der Waals surface area contributed by atoms with E-state index in [1.54, 1.807) is 31.2 Å². The van der Waals surface area contributed by atoms with E-state index in [-0.39, 0.29) is 18.7 Å². The van der Waals surface area contributed by atoms with Gasteiger partial charge in [0.05, 0.1) is 23.9 Å². The minimum atomic E-state index is -1.11. The summed E-state index contributed by atoms with van der Waals surface area (Å²) in [5.74, 6) is -2.53. The van der Waals surface area contributed by atoms with Gasteiger partial charge in [0.2, 0.25) is 11.1 Å². The highest BCUT2D eigenvalue weighted by Gasteiger charge is 2.23. The van der Waals surface area contributed by atoms with Gasteiger partial charge in [0.1, 0.15) is 5.82 Å². The van der Waals surface area contributed by atoms with Crippen LogP contribution < -0.4 is 10.3 Å². The van der Waals surface area contributed by atoms with Gasteiger partial charge in [0.15, 0.2) is 6.61 Å². The number of ether oxygens (including phenoxy) is 1. The van der Waals surface area contributed by atoms with Crippen LogP contribution in [0.15, 0.2) is 59.4 Å². The van der Waals surface area contributed by atoms with Gasteiger partial charge in [0.25, 0.3) is 5.91 Å². The number of nitrogens with zero attached hydrogens (tertiary/aromatic N) is 4. The number of hydrogen-bond acceptors (Lipinski definition) is 6. The highest BCUT2D eigenvalue weighted by molar-refractivity contribution is 6.30. The minimum Gasteiger partial charge on any atom is -0.451 e. The third-order valence-corrected chi connectivity index (χ3v) is 4.84. The van der Waals surface area contributed by atoms with Gasteiger partial charge in [-0.15, -0.1) is 0 Å². The van der Waals surface area contributed by atoms with E-state index in [9.17, 15) is 18.8 Å². The van der Waals surface area contributed by atoms with Crippen LogP contribution in [-0.2, 0) is 9.53 Å². The Balaban J connectivity index is 1.80. The lowest BCUT2D eigenvalue weighted by Gasteiger charge is -2.22. The summed E-state index contributed by atoms with van der Waals surface area (Å²) < 4.78 is 20.5. The summed E-state index contributed by atoms with van der Waals surface area (Å²) >= 11 is 5.90. The number of para-hydroxylation sites is 1. The maximum atomic E-state index is 14.2. The summed E-state index contributed by atoms with van der Waals surface area (Å²) in [5.41, 5.74) is -0.211. The van der Waals surface area contributed by atoms with E-state index in [2.05, 4.69) is 5.10 Å². The number of benzene rings is 2. The molecule has 0 saturated carbocycles. The van der Waals surface area contributed by atoms with Crippen LogP contribution in [0.3, 0.4) is 0 Å². The van der Waals surface area contributed by atoms with Crippen molar-refractivity contribution >= 4 is 29.2 Å². The van der Waals surface area contributed by atoms with Crippen LogP contribution in [-0.4, -0.2) is 34.8 Å². The van der Waals surface area contributed by atoms with Crippen LogP contribution in [0.25, 0.3) is 5.69 Å². The van der Waals surface area contributed by atoms with Crippen molar-refractivity contribution in [3.8, 4) is 11.8 Å². The molecule has 10 heteroatoms. The predicted molar refractivity (Wildman–Crippen MR) is 119 cm³/mol. The zero-order valence-corrected chi connectivity index (χ0v) is 18.3. The van der Waals surface area contributed by atoms with Gasteiger partial charge in [0, 0.05) is 23.3 Å². The summed E-state index contributed by atoms with van der Waals surface area (Å²) in [5, 5.41) is 13.4. The Morgan fingerprint density at radius 3 is 2.58 bits per heavy atom. The van der Waals surface area contributed by atoms with Gasteiger partial charge < -0.3 is 9.64 Å². The first-order chi connectivity index (χ1) is 15.8. The molecular formula is C23H18ClFN4O4. The summed E-state index contributed by atoms with van der Waals surface area (Å²) in [6.45, 7) is 0.775. The van der Waals surface area contributed by atoms with E-state index in [1.165, 1.54) is 35.0 Å². The minimum absolute atomic E-state index is 0.0487. The molecule has 0 aliphatic carbocycles. The number of esters is 1. The Labute approximate surface area is 193 Å². The molecule has 1 heterocycles. The van der Waals surface area contributed by atoms with Crippen LogP contribution in [0.1, 0.15) is 22.6 Å². The summed E-state index contributed by atoms with van der Waals surface area (Å²) in [6.07, 6.45) is -0.0562. The number of carbonyl (C=O) groups excluding carboxylic acids is 2. The van der Waals surface area contributed by atoms with Crippen molar-refractivity contribution in [2.45, 2.75) is 13.3 Å². The molecule has 0 atom stereocenters. The zero-order valence-electron chi connectivity index (χ0n) is 17.5. The molecular weight excluding hydrogens is 451 g/mol. The number of carbonyl (C=O) groups is 2. The third-order valence-electron chi connectivity index (χ3n) is 4.59. The van der Waals surface area contributed by atoms with E-state index >= 15 is 0 Å². The number of amides is 1. The molecule has 1 amide bonds. The first kappa shape index (κ1) is 23.6. The second kappa shape index (κ2) is 10.5. The Morgan fingerprint density at radius 1 is 1.21 bits per heavy atom. The number of aryl methyl sites for hydroxylation is 1. The van der Waals surface area contributed by atoms with Crippen LogP contribution in [0.2, 0.25) is 5.02 Å². The molecule has 0 aliphatic rings. The fourth-order valence-electron chi connectivity index (χ4n) is 3.02. The number of anilines is 1. The van der Waals surface area contributed by atoms with Gasteiger partial charge in [-0.25, -0.2) is 13.9 Å². The zero-order chi connectivity index (χ0) is 24.0. The van der Waals surface area contributed by atoms with Crippen LogP contribution >= 0.6 is 11.6 Å². The van der Waals surface area contributed by atoms with Crippen molar-refractivity contribution in [1.82, 2.24) is 9.78 Å². The Kier molecular flexibility index (Phi) is 7.53. The van der Waals surface area contributed by atoms with Crippen molar-refractivity contribution in [1.29, 1.82) is 5.26 Å². The first-order valence-electron chi connectivity index (χ1n) is 9.77. The van der Waals surface area contributed by atoms with Crippen molar-refractivity contribution in [3.63, 3.8) is 0 Å². The molecule has 1 aromatic heterocycles. The first-order valence-corrected chi connectivity index (χ1v) is 10.2. The van der Waals surface area contributed by atoms with Crippen molar-refractivity contribution in [2.75, 3.05) is 18.1 Å². The second-order valence-corrected chi connectivity index (χ2v) is 7.30. The summed E-state index contributed by atoms with van der Waals surface area (Å²) in [7, 11) is 0. The fourth-order valence-corrected chi connectivity index (χ4v) is 3.14. The summed E-state index contributed by atoms with van der Waals surface area (Å²) in [4.78, 5) is 38.5. The van der Waals surface area contributed by atoms with Crippen LogP contribution in [0.4, 0.5) is 10.1 Å². The molecule has 3 rings (SSSR count). The smallest absolute Gasteiger partial charge is 0.363 e. The van der Waals surface area contributed by atoms with E-state index in [0.29, 0.717) is 16.4 Å². The number of rotatable bonds is 7. The average Bonchev–Trinajstić information content (AvgIpc) is 2.79. The third kappa shape index (κ3) is 5.61. The standard InChI is InChI=1S/C23H18ClFN4O4/c1-15-13-20(30)22(27-29(15)17-9-7-16(24)8-10-17)23(32)33-14-21(31)28(12-4-11-26)19-6-3-2-5-18(19)25/h2-3,5-10,13H,4,12,14H2,1H3. The molecule has 0 spiro atoms. The quantitative estimate of drug-likeness (QED) is 0.492. The number of nitriles is 1. The second-order valence-electron chi connectivity index (χ2n) is 6.87. The Hall–Kier alpha value is -4.03. The maximum Gasteiger partial charge on any atom is 0.363 e. The molecule has 0 radical (unpaired) electrons. The molecule has 0 aliphatic heterocycles. The lowest BCUT2D eigenvalue weighted by molar-refractivity contribution is -0.121. The van der Waals surface area contributed by atoms with Gasteiger partial charge in [-0.05, 0) is 43.3 Å². The van der Waals surface area contributed by atoms with E-state index < -0.39 is 35.4 Å². The predicted octanol–water partition coefficient (Wildman–Crippen LogP) is 3.44. The number of halogens is 2. The molecule has 8 nitrogen and oxygen atoms in total. The van der Waals surface area contributed by atoms with Gasteiger partial charge >= 0.3 is 5.97 Å². The van der Waals surface area contributed by atoms with Crippen LogP contribution in [0.5, 0.6) is 0 Å². The van der Waals surface area contributed by atoms with E-state index in [4.69, 9.17) is 21.6 Å². The molecule has 0 saturated heterocycles. The molecule has 0 bridgehead atoms. The van der Waals surface area contributed by atoms with Crippen molar-refractivity contribution in [2.24, 2.45) is 0 Å². The van der Waals surface area contributed by atoms with Gasteiger partial charge in [-0.1, -0.05) is 23.7 Å². The molecule has 0 N–H and O–H groups in total. The highest BCUT2D eigenvalue weighted by Crippen LogP contribution is 2.19. The molecule has 3 aromatic rings. The van der Waals surface area contributed by atoms with E-state index in [0.717, 1.165) is 4.90 Å². The number of hydrogen-bond donors (Lipinski definition) is 0. The highest BCUT2D eigenvalue weighted by atomic mass is 35.5. The Morgan fingerprint density at radius 2 is 1.91 bits per heavy atom. The molecule has 33 heavy (non-hydrogen) atoms. The lowest BCUT2D eigenvalue weighted by atomic mass is 10.2. The number of aromatic nitrogens is 2. The maximum absolute atomic E-state index is 14.2. The molecule has 168 valence electrons.